The molecule has 14 nitrogen and oxygen atoms in total. The van der Waals surface area contributed by atoms with Gasteiger partial charge in [-0.1, -0.05) is 92.2 Å². The highest BCUT2D eigenvalue weighted by molar-refractivity contribution is 6.31. The summed E-state index contributed by atoms with van der Waals surface area (Å²) in [7, 11) is 2.55. The van der Waals surface area contributed by atoms with Crippen LogP contribution in [0.3, 0.4) is 0 Å². The predicted molar refractivity (Wildman–Crippen MR) is 236 cm³/mol. The zero-order valence-electron chi connectivity index (χ0n) is 35.0. The van der Waals surface area contributed by atoms with Crippen LogP contribution in [0.4, 0.5) is 9.59 Å². The molecule has 2 fully saturated rings. The molecule has 1 unspecified atom stereocenters. The van der Waals surface area contributed by atoms with Crippen molar-refractivity contribution in [2.45, 2.75) is 63.7 Å². The highest BCUT2D eigenvalue weighted by Crippen LogP contribution is 2.37. The Hall–Kier alpha value is -6.67. The molecule has 62 heavy (non-hydrogen) atoms. The van der Waals surface area contributed by atoms with Gasteiger partial charge in [-0.2, -0.15) is 0 Å². The summed E-state index contributed by atoms with van der Waals surface area (Å²) in [6, 6.07) is 25.7. The zero-order chi connectivity index (χ0) is 43.5. The average Bonchev–Trinajstić information content (AvgIpc) is 4.14. The standard InChI is InChI=1S/C47H49ClN8O6/c1-27(2)40(53-46(59)61-3)44(57)55-21-7-11-38(55)43-50-26-37(52-43)33-20-19-31-23-30(17-18-32(31)24-33)28-13-15-29(16-14-28)36-25-49-42(51-36)39-12-8-22-56(39)45(58)41(54-47(60)62-4)34-9-5-6-10-35(34)48/h5-6,9-10,13-20,23-27,38-41H,7-8,11-12,21-22H2,1-4H3,(H,49,51)(H,50,52)(H,53,59)(H,54,60)/t38-,39-,40?,41-/m0/s1. The van der Waals surface area contributed by atoms with E-state index in [0.29, 0.717) is 29.5 Å². The van der Waals surface area contributed by atoms with Crippen LogP contribution in [0.2, 0.25) is 5.02 Å². The van der Waals surface area contributed by atoms with Gasteiger partial charge in [0.25, 0.3) is 5.91 Å². The number of nitrogens with zero attached hydrogens (tertiary/aromatic N) is 4. The fourth-order valence-electron chi connectivity index (χ4n) is 8.57. The van der Waals surface area contributed by atoms with Gasteiger partial charge in [-0.3, -0.25) is 9.59 Å². The van der Waals surface area contributed by atoms with Crippen molar-refractivity contribution >= 4 is 46.4 Å². The molecule has 2 aromatic heterocycles. The number of aromatic nitrogens is 4. The number of carbonyl (C=O) groups excluding carboxylic acids is 4. The molecule has 8 rings (SSSR count). The summed E-state index contributed by atoms with van der Waals surface area (Å²) in [4.78, 5) is 71.8. The van der Waals surface area contributed by atoms with Crippen LogP contribution in [0.15, 0.2) is 97.3 Å². The van der Waals surface area contributed by atoms with Crippen LogP contribution in [0.1, 0.15) is 74.9 Å². The highest BCUT2D eigenvalue weighted by Gasteiger charge is 2.39. The Morgan fingerprint density at radius 2 is 1.19 bits per heavy atom. The first-order chi connectivity index (χ1) is 30.0. The fraction of sp³-hybridized carbons (Fsp3) is 0.319. The summed E-state index contributed by atoms with van der Waals surface area (Å²) >= 11 is 6.47. The van der Waals surface area contributed by atoms with Crippen molar-refractivity contribution in [2.75, 3.05) is 27.3 Å². The van der Waals surface area contributed by atoms with E-state index in [1.807, 2.05) is 24.9 Å². The molecule has 4 heterocycles. The molecule has 0 saturated carbocycles. The van der Waals surface area contributed by atoms with E-state index in [2.05, 4.69) is 81.3 Å². The number of H-pyrrole nitrogens is 2. The molecule has 4 amide bonds. The van der Waals surface area contributed by atoms with Gasteiger partial charge in [0.1, 0.15) is 23.7 Å². The van der Waals surface area contributed by atoms with Crippen LogP contribution in [0, 0.1) is 5.92 Å². The minimum Gasteiger partial charge on any atom is -0.453 e. The number of alkyl carbamates (subject to hydrolysis) is 2. The van der Waals surface area contributed by atoms with Crippen molar-refractivity contribution in [3.63, 3.8) is 0 Å². The molecule has 0 aliphatic carbocycles. The van der Waals surface area contributed by atoms with Crippen molar-refractivity contribution in [1.29, 1.82) is 0 Å². The minimum atomic E-state index is -1.02. The molecule has 2 aliphatic heterocycles. The zero-order valence-corrected chi connectivity index (χ0v) is 35.7. The smallest absolute Gasteiger partial charge is 0.407 e. The number of fused-ring (bicyclic) bond motifs is 1. The van der Waals surface area contributed by atoms with Gasteiger partial charge in [-0.15, -0.1) is 0 Å². The Bertz CT molecular complexity index is 2610. The maximum absolute atomic E-state index is 14.0. The monoisotopic (exact) mass is 856 g/mol. The van der Waals surface area contributed by atoms with Gasteiger partial charge in [0.15, 0.2) is 0 Å². The first-order valence-electron chi connectivity index (χ1n) is 20.8. The van der Waals surface area contributed by atoms with Crippen LogP contribution >= 0.6 is 11.6 Å². The molecule has 2 aliphatic rings. The number of benzene rings is 4. The minimum absolute atomic E-state index is 0.111. The molecule has 6 aromatic rings. The number of hydrogen-bond acceptors (Lipinski definition) is 8. The number of aromatic amines is 2. The van der Waals surface area contributed by atoms with Gasteiger partial charge in [0, 0.05) is 29.2 Å². The number of carbonyl (C=O) groups is 4. The maximum atomic E-state index is 14.0. The number of methoxy groups -OCH3 is 2. The number of imidazole rings is 2. The Labute approximate surface area is 364 Å². The number of amides is 4. The molecule has 4 aromatic carbocycles. The van der Waals surface area contributed by atoms with Crippen molar-refractivity contribution < 1.29 is 28.7 Å². The van der Waals surface area contributed by atoms with E-state index in [1.165, 1.54) is 14.2 Å². The number of nitrogens with one attached hydrogen (secondary N) is 4. The van der Waals surface area contributed by atoms with Gasteiger partial charge in [-0.05, 0) is 77.3 Å². The van der Waals surface area contributed by atoms with E-state index >= 15 is 0 Å². The molecule has 15 heteroatoms. The maximum Gasteiger partial charge on any atom is 0.407 e. The largest absolute Gasteiger partial charge is 0.453 e. The SMILES string of the molecule is COC(=O)NC(C(=O)N1CCC[C@H]1c1ncc(-c2ccc3cc(-c4ccc(-c5cnc([C@@H]6CCCN6C(=O)[C@@H](NC(=O)OC)c6ccccc6Cl)[nH]5)cc4)ccc3c2)[nH]1)C(C)C. The number of ether oxygens (including phenoxy) is 2. The topological polar surface area (TPSA) is 175 Å². The second-order valence-electron chi connectivity index (χ2n) is 16.0. The lowest BCUT2D eigenvalue weighted by atomic mass is 9.98. The van der Waals surface area contributed by atoms with Gasteiger partial charge in [-0.25, -0.2) is 19.6 Å². The van der Waals surface area contributed by atoms with E-state index in [4.69, 9.17) is 31.0 Å². The van der Waals surface area contributed by atoms with Crippen molar-refractivity contribution in [2.24, 2.45) is 5.92 Å². The average molecular weight is 857 g/mol. The molecule has 2 saturated heterocycles. The molecule has 320 valence electrons. The van der Waals surface area contributed by atoms with Crippen LogP contribution in [-0.2, 0) is 19.1 Å². The van der Waals surface area contributed by atoms with E-state index in [-0.39, 0.29) is 29.8 Å². The summed E-state index contributed by atoms with van der Waals surface area (Å²) in [5, 5.41) is 7.92. The lowest BCUT2D eigenvalue weighted by Crippen LogP contribution is -2.51. The van der Waals surface area contributed by atoms with E-state index in [9.17, 15) is 19.2 Å². The summed E-state index contributed by atoms with van der Waals surface area (Å²) < 4.78 is 9.60. The second kappa shape index (κ2) is 18.1. The first-order valence-corrected chi connectivity index (χ1v) is 21.2. The number of rotatable bonds is 11. The molecule has 4 N–H and O–H groups in total. The van der Waals surface area contributed by atoms with Crippen LogP contribution in [0.25, 0.3) is 44.4 Å². The normalized spacial score (nSPS) is 17.3. The molecule has 0 bridgehead atoms. The third kappa shape index (κ3) is 8.60. The fourth-order valence-corrected chi connectivity index (χ4v) is 8.82. The van der Waals surface area contributed by atoms with E-state index < -0.39 is 24.3 Å². The van der Waals surface area contributed by atoms with E-state index in [0.717, 1.165) is 75.9 Å². The van der Waals surface area contributed by atoms with Crippen molar-refractivity contribution in [1.82, 2.24) is 40.4 Å². The van der Waals surface area contributed by atoms with E-state index in [1.54, 1.807) is 35.4 Å². The van der Waals surface area contributed by atoms with Gasteiger partial charge >= 0.3 is 12.2 Å². The molecular formula is C47H49ClN8O6. The second-order valence-corrected chi connectivity index (χ2v) is 16.5. The molecule has 0 radical (unpaired) electrons. The number of hydrogen-bond donors (Lipinski definition) is 4. The summed E-state index contributed by atoms with van der Waals surface area (Å²) in [5.41, 5.74) is 6.26. The molecule has 0 spiro atoms. The Balaban J connectivity index is 0.946. The summed E-state index contributed by atoms with van der Waals surface area (Å²) in [6.07, 6.45) is 5.38. The lowest BCUT2D eigenvalue weighted by molar-refractivity contribution is -0.135. The van der Waals surface area contributed by atoms with Crippen molar-refractivity contribution in [3.8, 4) is 33.6 Å². The lowest BCUT2D eigenvalue weighted by Gasteiger charge is -2.30. The Kier molecular flexibility index (Phi) is 12.3. The quantitative estimate of drug-likeness (QED) is 0.100. The van der Waals surface area contributed by atoms with Crippen LogP contribution < -0.4 is 10.6 Å². The predicted octanol–water partition coefficient (Wildman–Crippen LogP) is 8.75. The van der Waals surface area contributed by atoms with Crippen LogP contribution in [-0.4, -0.2) is 87.1 Å². The third-order valence-electron chi connectivity index (χ3n) is 11.9. The Morgan fingerprint density at radius 1 is 0.677 bits per heavy atom. The van der Waals surface area contributed by atoms with Gasteiger partial charge in [0.2, 0.25) is 5.91 Å². The van der Waals surface area contributed by atoms with Crippen molar-refractivity contribution in [3.05, 3.63) is 120 Å². The third-order valence-corrected chi connectivity index (χ3v) is 12.2. The summed E-state index contributed by atoms with van der Waals surface area (Å²) in [6.45, 7) is 4.90. The van der Waals surface area contributed by atoms with Crippen LogP contribution in [0.5, 0.6) is 0 Å². The number of likely N-dealkylation sites (tertiary alicyclic amines) is 2. The van der Waals surface area contributed by atoms with Gasteiger partial charge in [0.05, 0.1) is 50.1 Å². The number of halogens is 1. The molecular weight excluding hydrogens is 808 g/mol. The Morgan fingerprint density at radius 3 is 1.79 bits per heavy atom. The molecule has 4 atom stereocenters. The van der Waals surface area contributed by atoms with Gasteiger partial charge < -0.3 is 39.9 Å². The first kappa shape index (κ1) is 42.0. The summed E-state index contributed by atoms with van der Waals surface area (Å²) in [5.74, 6) is 0.853. The highest BCUT2D eigenvalue weighted by atomic mass is 35.5.